The van der Waals surface area contributed by atoms with Crippen LogP contribution in [0.4, 0.5) is 0 Å². The third kappa shape index (κ3) is 4.39. The number of methoxy groups -OCH3 is 1. The largest absolute Gasteiger partial charge is 0.388 e. The van der Waals surface area contributed by atoms with Crippen molar-refractivity contribution in [2.75, 3.05) is 26.9 Å². The molecule has 1 aromatic carbocycles. The van der Waals surface area contributed by atoms with E-state index in [9.17, 15) is 15.3 Å². The molecule has 0 aliphatic carbocycles. The molecule has 2 heterocycles. The zero-order valence-corrected chi connectivity index (χ0v) is 15.6. The number of benzene rings is 1. The monoisotopic (exact) mass is 386 g/mol. The van der Waals surface area contributed by atoms with E-state index in [1.807, 2.05) is 6.07 Å². The SMILES string of the molecule is COC[C@H]1O[C@@H](c2ccc(Cl)c(CC3CCOCC3)c2)[C@H](O)[C@@H](O)[C@@H]1O. The molecule has 0 bridgehead atoms. The Morgan fingerprint density at radius 3 is 2.54 bits per heavy atom. The molecule has 0 spiro atoms. The van der Waals surface area contributed by atoms with Crippen LogP contribution in [0.3, 0.4) is 0 Å². The van der Waals surface area contributed by atoms with Gasteiger partial charge in [0, 0.05) is 25.3 Å². The summed E-state index contributed by atoms with van der Waals surface area (Å²) in [5.74, 6) is 0.516. The lowest BCUT2D eigenvalue weighted by molar-refractivity contribution is -0.233. The molecule has 3 N–H and O–H groups in total. The van der Waals surface area contributed by atoms with Crippen LogP contribution in [-0.4, -0.2) is 66.7 Å². The van der Waals surface area contributed by atoms with Gasteiger partial charge in [0.25, 0.3) is 0 Å². The summed E-state index contributed by atoms with van der Waals surface area (Å²) in [5.41, 5.74) is 1.73. The van der Waals surface area contributed by atoms with E-state index in [-0.39, 0.29) is 6.61 Å². The summed E-state index contributed by atoms with van der Waals surface area (Å²) < 4.78 is 16.3. The van der Waals surface area contributed by atoms with E-state index in [0.29, 0.717) is 10.9 Å². The van der Waals surface area contributed by atoms with Crippen molar-refractivity contribution in [2.24, 2.45) is 5.92 Å². The predicted molar refractivity (Wildman–Crippen MR) is 96.2 cm³/mol. The van der Waals surface area contributed by atoms with Crippen molar-refractivity contribution < 1.29 is 29.5 Å². The van der Waals surface area contributed by atoms with Crippen LogP contribution in [0, 0.1) is 5.92 Å². The Morgan fingerprint density at radius 2 is 1.85 bits per heavy atom. The normalized spacial score (nSPS) is 33.3. The van der Waals surface area contributed by atoms with Crippen LogP contribution in [0.1, 0.15) is 30.1 Å². The number of halogens is 1. The molecule has 2 aliphatic rings. The van der Waals surface area contributed by atoms with Gasteiger partial charge in [-0.15, -0.1) is 0 Å². The maximum Gasteiger partial charge on any atom is 0.113 e. The average molecular weight is 387 g/mol. The zero-order chi connectivity index (χ0) is 18.7. The highest BCUT2D eigenvalue weighted by Crippen LogP contribution is 2.35. The molecule has 0 unspecified atom stereocenters. The third-order valence-corrected chi connectivity index (χ3v) is 5.66. The predicted octanol–water partition coefficient (Wildman–Crippen LogP) is 1.48. The summed E-state index contributed by atoms with van der Waals surface area (Å²) in [5, 5.41) is 31.3. The number of rotatable bonds is 5. The highest BCUT2D eigenvalue weighted by atomic mass is 35.5. The van der Waals surface area contributed by atoms with Gasteiger partial charge in [0.15, 0.2) is 0 Å². The molecule has 26 heavy (non-hydrogen) atoms. The van der Waals surface area contributed by atoms with Gasteiger partial charge in [-0.2, -0.15) is 0 Å². The van der Waals surface area contributed by atoms with Gasteiger partial charge >= 0.3 is 0 Å². The van der Waals surface area contributed by atoms with Gasteiger partial charge in [-0.3, -0.25) is 0 Å². The molecule has 0 aromatic heterocycles. The molecule has 0 saturated carbocycles. The first-order valence-corrected chi connectivity index (χ1v) is 9.43. The van der Waals surface area contributed by atoms with E-state index in [4.69, 9.17) is 25.8 Å². The van der Waals surface area contributed by atoms with E-state index < -0.39 is 30.5 Å². The summed E-state index contributed by atoms with van der Waals surface area (Å²) in [4.78, 5) is 0. The van der Waals surface area contributed by atoms with Crippen molar-refractivity contribution in [3.63, 3.8) is 0 Å². The molecular formula is C19H27ClO6. The quantitative estimate of drug-likeness (QED) is 0.710. The molecule has 146 valence electrons. The van der Waals surface area contributed by atoms with E-state index in [1.165, 1.54) is 7.11 Å². The lowest BCUT2D eigenvalue weighted by Gasteiger charge is -2.40. The first-order chi connectivity index (χ1) is 12.5. The van der Waals surface area contributed by atoms with Crippen molar-refractivity contribution >= 4 is 11.6 Å². The van der Waals surface area contributed by atoms with Crippen LogP contribution < -0.4 is 0 Å². The van der Waals surface area contributed by atoms with Gasteiger partial charge < -0.3 is 29.5 Å². The molecule has 2 saturated heterocycles. The lowest BCUT2D eigenvalue weighted by Crippen LogP contribution is -2.55. The van der Waals surface area contributed by atoms with Gasteiger partial charge in [0.05, 0.1) is 6.61 Å². The molecule has 0 amide bonds. The van der Waals surface area contributed by atoms with E-state index in [0.717, 1.165) is 43.6 Å². The molecule has 2 fully saturated rings. The van der Waals surface area contributed by atoms with E-state index in [2.05, 4.69) is 0 Å². The van der Waals surface area contributed by atoms with Crippen molar-refractivity contribution in [1.29, 1.82) is 0 Å². The summed E-state index contributed by atoms with van der Waals surface area (Å²) in [6.07, 6.45) is -2.34. The number of aliphatic hydroxyl groups excluding tert-OH is 3. The number of hydrogen-bond acceptors (Lipinski definition) is 6. The van der Waals surface area contributed by atoms with Crippen LogP contribution in [0.5, 0.6) is 0 Å². The van der Waals surface area contributed by atoms with Gasteiger partial charge in [-0.25, -0.2) is 0 Å². The second-order valence-electron chi connectivity index (χ2n) is 7.13. The van der Waals surface area contributed by atoms with Gasteiger partial charge in [0.2, 0.25) is 0 Å². The highest BCUT2D eigenvalue weighted by Gasteiger charge is 2.44. The smallest absolute Gasteiger partial charge is 0.113 e. The fraction of sp³-hybridized carbons (Fsp3) is 0.684. The minimum atomic E-state index is -1.30. The number of hydrogen-bond donors (Lipinski definition) is 3. The van der Waals surface area contributed by atoms with Crippen LogP contribution >= 0.6 is 11.6 Å². The zero-order valence-electron chi connectivity index (χ0n) is 14.9. The van der Waals surface area contributed by atoms with Crippen LogP contribution in [-0.2, 0) is 20.6 Å². The van der Waals surface area contributed by atoms with E-state index in [1.54, 1.807) is 12.1 Å². The lowest BCUT2D eigenvalue weighted by atomic mass is 9.88. The second-order valence-corrected chi connectivity index (χ2v) is 7.54. The minimum Gasteiger partial charge on any atom is -0.388 e. The Morgan fingerprint density at radius 1 is 1.12 bits per heavy atom. The Kier molecular flexibility index (Phi) is 6.91. The average Bonchev–Trinajstić information content (AvgIpc) is 2.65. The summed E-state index contributed by atoms with van der Waals surface area (Å²) >= 11 is 6.38. The molecule has 2 aliphatic heterocycles. The maximum absolute atomic E-state index is 10.4. The van der Waals surface area contributed by atoms with Crippen LogP contribution in [0.25, 0.3) is 0 Å². The molecule has 3 rings (SSSR count). The summed E-state index contributed by atoms with van der Waals surface area (Å²) in [7, 11) is 1.50. The number of ether oxygens (including phenoxy) is 3. The Hall–Kier alpha value is -0.730. The third-order valence-electron chi connectivity index (χ3n) is 5.29. The first-order valence-electron chi connectivity index (χ1n) is 9.06. The molecular weight excluding hydrogens is 360 g/mol. The Bertz CT molecular complexity index is 591. The van der Waals surface area contributed by atoms with Crippen molar-refractivity contribution in [2.45, 2.75) is 49.8 Å². The van der Waals surface area contributed by atoms with Crippen LogP contribution in [0.2, 0.25) is 5.02 Å². The first kappa shape index (κ1) is 20.0. The van der Waals surface area contributed by atoms with Gasteiger partial charge in [-0.1, -0.05) is 23.7 Å². The molecule has 6 nitrogen and oxygen atoms in total. The Balaban J connectivity index is 1.79. The standard InChI is InChI=1S/C19H27ClO6/c1-24-10-15-16(21)17(22)18(23)19(26-15)12-2-3-14(20)13(9-12)8-11-4-6-25-7-5-11/h2-3,9,11,15-19,21-23H,4-8,10H2,1H3/t15-,16-,17+,18-,19+/m1/s1. The molecule has 7 heteroatoms. The fourth-order valence-corrected chi connectivity index (χ4v) is 3.91. The van der Waals surface area contributed by atoms with E-state index >= 15 is 0 Å². The summed E-state index contributed by atoms with van der Waals surface area (Å²) in [6, 6.07) is 5.52. The van der Waals surface area contributed by atoms with Gasteiger partial charge in [0.1, 0.15) is 30.5 Å². The van der Waals surface area contributed by atoms with Crippen molar-refractivity contribution in [3.05, 3.63) is 34.3 Å². The molecule has 1 aromatic rings. The minimum absolute atomic E-state index is 0.129. The summed E-state index contributed by atoms with van der Waals surface area (Å²) in [6.45, 7) is 1.67. The van der Waals surface area contributed by atoms with Crippen LogP contribution in [0.15, 0.2) is 18.2 Å². The van der Waals surface area contributed by atoms with Crippen molar-refractivity contribution in [3.8, 4) is 0 Å². The molecule has 0 radical (unpaired) electrons. The number of aliphatic hydroxyl groups is 3. The maximum atomic E-state index is 10.4. The highest BCUT2D eigenvalue weighted by molar-refractivity contribution is 6.31. The van der Waals surface area contributed by atoms with Crippen molar-refractivity contribution in [1.82, 2.24) is 0 Å². The fourth-order valence-electron chi connectivity index (χ4n) is 3.72. The molecule has 5 atom stereocenters. The second kappa shape index (κ2) is 8.97. The van der Waals surface area contributed by atoms with Gasteiger partial charge in [-0.05, 0) is 42.4 Å². The topological polar surface area (TPSA) is 88.4 Å². The Labute approximate surface area is 158 Å².